The van der Waals surface area contributed by atoms with Crippen LogP contribution in [0.5, 0.6) is 0 Å². The first-order valence-electron chi connectivity index (χ1n) is 10.1. The molecule has 2 atom stereocenters. The Morgan fingerprint density at radius 1 is 1.21 bits per heavy atom. The number of hydrogen-bond acceptors (Lipinski definition) is 5. The number of halogens is 5. The summed E-state index contributed by atoms with van der Waals surface area (Å²) in [5, 5.41) is 9.79. The molecule has 2 amide bonds. The topological polar surface area (TPSA) is 107 Å². The van der Waals surface area contributed by atoms with E-state index in [2.05, 4.69) is 5.32 Å². The highest BCUT2D eigenvalue weighted by Gasteiger charge is 2.70. The number of nitriles is 1. The fraction of sp³-hybridized carbons (Fsp3) is 0.550. The molecule has 0 bridgehead atoms. The van der Waals surface area contributed by atoms with Crippen molar-refractivity contribution in [2.75, 3.05) is 6.54 Å². The Morgan fingerprint density at radius 2 is 1.85 bits per heavy atom. The molecule has 0 spiro atoms. The summed E-state index contributed by atoms with van der Waals surface area (Å²) in [6.45, 7) is -0.662. The number of likely N-dealkylation sites (tertiary alicyclic amines) is 1. The molecule has 7 nitrogen and oxygen atoms in total. The number of carbonyl (C=O) groups is 2. The predicted octanol–water partition coefficient (Wildman–Crippen LogP) is 2.74. The van der Waals surface area contributed by atoms with Crippen LogP contribution in [-0.2, 0) is 19.4 Å². The molecule has 4 rings (SSSR count). The minimum Gasteiger partial charge on any atom is -0.336 e. The lowest BCUT2D eigenvalue weighted by atomic mass is 10.0. The van der Waals surface area contributed by atoms with Crippen molar-refractivity contribution in [3.8, 4) is 6.07 Å². The molecule has 0 radical (unpaired) electrons. The quantitative estimate of drug-likeness (QED) is 0.487. The minimum absolute atomic E-state index is 0.343. The molecule has 13 heteroatoms. The summed E-state index contributed by atoms with van der Waals surface area (Å²) in [7, 11) is -4.33. The number of benzene rings is 1. The van der Waals surface area contributed by atoms with Gasteiger partial charge in [0.2, 0.25) is 11.8 Å². The standard InChI is InChI=1S/C20H18ClF4N3O4S/c21-13-7-11(22)1-2-15(13)33(31,32)12-8-14(16(29)27-18(10-26)3-4-18)28(9-12)17(30)19(5-6-19)20(23,24)25/h1-2,7,12,14H,3-6,8-9H2,(H,27,29)/t12-,14+/m1/s1. The van der Waals surface area contributed by atoms with Crippen LogP contribution in [-0.4, -0.2) is 54.7 Å². The maximum absolute atomic E-state index is 13.6. The number of nitrogens with one attached hydrogen (secondary N) is 1. The van der Waals surface area contributed by atoms with Crippen LogP contribution in [0.2, 0.25) is 5.02 Å². The van der Waals surface area contributed by atoms with Crippen LogP contribution in [0.1, 0.15) is 32.1 Å². The molecule has 0 unspecified atom stereocenters. The minimum atomic E-state index is -4.85. The van der Waals surface area contributed by atoms with E-state index >= 15 is 0 Å². The van der Waals surface area contributed by atoms with Gasteiger partial charge in [-0.25, -0.2) is 12.8 Å². The van der Waals surface area contributed by atoms with Gasteiger partial charge in [0.05, 0.1) is 21.2 Å². The second-order valence-electron chi connectivity index (χ2n) is 8.71. The summed E-state index contributed by atoms with van der Waals surface area (Å²) in [6.07, 6.45) is -5.56. The second kappa shape index (κ2) is 7.56. The second-order valence-corrected chi connectivity index (χ2v) is 11.3. The van der Waals surface area contributed by atoms with E-state index in [0.717, 1.165) is 18.2 Å². The Bertz CT molecular complexity index is 1170. The Morgan fingerprint density at radius 3 is 2.33 bits per heavy atom. The summed E-state index contributed by atoms with van der Waals surface area (Å²) in [4.78, 5) is 26.0. The van der Waals surface area contributed by atoms with Crippen molar-refractivity contribution in [3.63, 3.8) is 0 Å². The number of nitrogens with zero attached hydrogens (tertiary/aromatic N) is 2. The molecule has 1 saturated heterocycles. The van der Waals surface area contributed by atoms with E-state index in [9.17, 15) is 40.8 Å². The molecule has 33 heavy (non-hydrogen) atoms. The highest BCUT2D eigenvalue weighted by Crippen LogP contribution is 2.59. The third-order valence-electron chi connectivity index (χ3n) is 6.49. The molecule has 178 valence electrons. The Hall–Kier alpha value is -2.39. The molecule has 1 aromatic rings. The summed E-state index contributed by atoms with van der Waals surface area (Å²) in [5.41, 5.74) is -3.81. The normalized spacial score (nSPS) is 25.3. The third kappa shape index (κ3) is 3.95. The van der Waals surface area contributed by atoms with Crippen LogP contribution in [0.3, 0.4) is 0 Å². The first kappa shape index (κ1) is 23.8. The molecule has 1 heterocycles. The van der Waals surface area contributed by atoms with Gasteiger partial charge in [0.1, 0.15) is 22.8 Å². The molecule has 2 aliphatic carbocycles. The third-order valence-corrected chi connectivity index (χ3v) is 9.11. The van der Waals surface area contributed by atoms with Gasteiger partial charge in [0, 0.05) is 6.54 Å². The van der Waals surface area contributed by atoms with Crippen LogP contribution < -0.4 is 5.32 Å². The summed E-state index contributed by atoms with van der Waals surface area (Å²) in [5.74, 6) is -3.03. The Labute approximate surface area is 191 Å². The van der Waals surface area contributed by atoms with Gasteiger partial charge in [0.25, 0.3) is 0 Å². The fourth-order valence-electron chi connectivity index (χ4n) is 4.11. The van der Waals surface area contributed by atoms with Gasteiger partial charge in [-0.1, -0.05) is 11.6 Å². The molecular formula is C20H18ClF4N3O4S. The number of sulfone groups is 1. The van der Waals surface area contributed by atoms with Crippen molar-refractivity contribution in [2.45, 2.75) is 60.0 Å². The van der Waals surface area contributed by atoms with Crippen molar-refractivity contribution in [3.05, 3.63) is 29.0 Å². The SMILES string of the molecule is N#CC1(NC(=O)[C@@H]2C[C@@H](S(=O)(=O)c3ccc(F)cc3Cl)CN2C(=O)C2(C(F)(F)F)CC2)CC1. The van der Waals surface area contributed by atoms with E-state index in [4.69, 9.17) is 11.6 Å². The maximum atomic E-state index is 13.6. The van der Waals surface area contributed by atoms with Gasteiger partial charge in [-0.05, 0) is 50.3 Å². The number of carbonyl (C=O) groups excluding carboxylic acids is 2. The van der Waals surface area contributed by atoms with E-state index in [0.29, 0.717) is 17.7 Å². The Balaban J connectivity index is 1.67. The molecule has 2 saturated carbocycles. The van der Waals surface area contributed by atoms with Crippen molar-refractivity contribution in [1.82, 2.24) is 10.2 Å². The van der Waals surface area contributed by atoms with Crippen molar-refractivity contribution in [1.29, 1.82) is 5.26 Å². The number of hydrogen-bond donors (Lipinski definition) is 1. The molecular weight excluding hydrogens is 490 g/mol. The molecule has 3 fully saturated rings. The first-order valence-corrected chi connectivity index (χ1v) is 12.0. The van der Waals surface area contributed by atoms with Crippen molar-refractivity contribution < 1.29 is 35.6 Å². The van der Waals surface area contributed by atoms with Gasteiger partial charge in [-0.3, -0.25) is 9.59 Å². The number of amides is 2. The lowest BCUT2D eigenvalue weighted by molar-refractivity contribution is -0.199. The van der Waals surface area contributed by atoms with Crippen LogP contribution in [0.25, 0.3) is 0 Å². The zero-order valence-electron chi connectivity index (χ0n) is 17.0. The van der Waals surface area contributed by atoms with Crippen LogP contribution in [0.15, 0.2) is 23.1 Å². The highest BCUT2D eigenvalue weighted by molar-refractivity contribution is 7.92. The summed E-state index contributed by atoms with van der Waals surface area (Å²) < 4.78 is 80.5. The van der Waals surface area contributed by atoms with E-state index in [1.165, 1.54) is 0 Å². The molecule has 1 N–H and O–H groups in total. The van der Waals surface area contributed by atoms with Gasteiger partial charge >= 0.3 is 6.18 Å². The predicted molar refractivity (Wildman–Crippen MR) is 106 cm³/mol. The fourth-order valence-corrected chi connectivity index (χ4v) is 6.34. The summed E-state index contributed by atoms with van der Waals surface area (Å²) in [6, 6.07) is 2.98. The van der Waals surface area contributed by atoms with Crippen LogP contribution >= 0.6 is 11.6 Å². The zero-order valence-corrected chi connectivity index (χ0v) is 18.5. The maximum Gasteiger partial charge on any atom is 0.403 e. The van der Waals surface area contributed by atoms with E-state index in [-0.39, 0.29) is 0 Å². The molecule has 1 aromatic carbocycles. The average molecular weight is 508 g/mol. The monoisotopic (exact) mass is 507 g/mol. The largest absolute Gasteiger partial charge is 0.403 e. The van der Waals surface area contributed by atoms with Crippen LogP contribution in [0, 0.1) is 22.6 Å². The average Bonchev–Trinajstić information content (AvgIpc) is 3.63. The number of rotatable bonds is 5. The molecule has 3 aliphatic rings. The number of alkyl halides is 3. The molecule has 1 aliphatic heterocycles. The zero-order chi connectivity index (χ0) is 24.4. The first-order chi connectivity index (χ1) is 15.3. The summed E-state index contributed by atoms with van der Waals surface area (Å²) >= 11 is 5.88. The lowest BCUT2D eigenvalue weighted by Crippen LogP contribution is -2.53. The lowest BCUT2D eigenvalue weighted by Gasteiger charge is -2.29. The Kier molecular flexibility index (Phi) is 5.44. The van der Waals surface area contributed by atoms with Crippen LogP contribution in [0.4, 0.5) is 17.6 Å². The molecule has 0 aromatic heterocycles. The van der Waals surface area contributed by atoms with Crippen molar-refractivity contribution >= 4 is 33.3 Å². The highest BCUT2D eigenvalue weighted by atomic mass is 35.5. The van der Waals surface area contributed by atoms with Gasteiger partial charge in [-0.2, -0.15) is 18.4 Å². The van der Waals surface area contributed by atoms with Gasteiger partial charge in [0.15, 0.2) is 9.84 Å². The van der Waals surface area contributed by atoms with Crippen molar-refractivity contribution in [2.24, 2.45) is 5.41 Å². The van der Waals surface area contributed by atoms with E-state index in [1.54, 1.807) is 0 Å². The van der Waals surface area contributed by atoms with Gasteiger partial charge < -0.3 is 10.2 Å². The van der Waals surface area contributed by atoms with Gasteiger partial charge in [-0.15, -0.1) is 0 Å². The van der Waals surface area contributed by atoms with E-state index in [1.807, 2.05) is 6.07 Å². The van der Waals surface area contributed by atoms with E-state index < -0.39 is 91.6 Å². The smallest absolute Gasteiger partial charge is 0.336 e.